The van der Waals surface area contributed by atoms with E-state index in [0.29, 0.717) is 30.8 Å². The van der Waals surface area contributed by atoms with Gasteiger partial charge in [0.2, 0.25) is 0 Å². The van der Waals surface area contributed by atoms with Gasteiger partial charge in [-0.3, -0.25) is 0 Å². The molecule has 2 aliphatic rings. The molecule has 1 saturated heterocycles. The summed E-state index contributed by atoms with van der Waals surface area (Å²) >= 11 is 0. The Morgan fingerprint density at radius 3 is 2.45 bits per heavy atom. The van der Waals surface area contributed by atoms with E-state index in [-0.39, 0.29) is 0 Å². The van der Waals surface area contributed by atoms with Crippen LogP contribution >= 0.6 is 0 Å². The minimum atomic E-state index is -0.812. The summed E-state index contributed by atoms with van der Waals surface area (Å²) in [5.74, 6) is 3.98. The standard InChI is InChI=1S/C8H9NO2/c1-2-5-6-3-9(8(10)11)4-7(5)6/h1,5-7H,3-4H2,(H,10,11)/t5-,6+,7-. The van der Waals surface area contributed by atoms with E-state index in [4.69, 9.17) is 11.5 Å². The molecule has 58 valence electrons. The van der Waals surface area contributed by atoms with Crippen LogP contribution < -0.4 is 0 Å². The van der Waals surface area contributed by atoms with Crippen molar-refractivity contribution in [2.24, 2.45) is 17.8 Å². The fourth-order valence-electron chi connectivity index (χ4n) is 1.93. The van der Waals surface area contributed by atoms with Crippen molar-refractivity contribution in [2.75, 3.05) is 13.1 Å². The van der Waals surface area contributed by atoms with E-state index >= 15 is 0 Å². The summed E-state index contributed by atoms with van der Waals surface area (Å²) in [4.78, 5) is 11.9. The lowest BCUT2D eigenvalue weighted by Gasteiger charge is -2.13. The van der Waals surface area contributed by atoms with Gasteiger partial charge in [0.15, 0.2) is 0 Å². The van der Waals surface area contributed by atoms with Crippen molar-refractivity contribution in [3.63, 3.8) is 0 Å². The fraction of sp³-hybridized carbons (Fsp3) is 0.625. The van der Waals surface area contributed by atoms with Crippen molar-refractivity contribution in [1.29, 1.82) is 0 Å². The third kappa shape index (κ3) is 0.790. The van der Waals surface area contributed by atoms with Crippen molar-refractivity contribution in [1.82, 2.24) is 4.90 Å². The number of carboxylic acid groups (broad SMARTS) is 1. The molecule has 11 heavy (non-hydrogen) atoms. The molecule has 1 N–H and O–H groups in total. The Labute approximate surface area is 65.0 Å². The second-order valence-corrected chi connectivity index (χ2v) is 3.21. The third-order valence-corrected chi connectivity index (χ3v) is 2.66. The summed E-state index contributed by atoms with van der Waals surface area (Å²) in [6, 6.07) is 0. The highest BCUT2D eigenvalue weighted by atomic mass is 16.4. The molecular formula is C8H9NO2. The van der Waals surface area contributed by atoms with E-state index in [9.17, 15) is 4.79 Å². The van der Waals surface area contributed by atoms with Gasteiger partial charge in [0.05, 0.1) is 0 Å². The van der Waals surface area contributed by atoms with Crippen LogP contribution in [0, 0.1) is 30.1 Å². The average molecular weight is 151 g/mol. The van der Waals surface area contributed by atoms with Crippen LogP contribution in [0.3, 0.4) is 0 Å². The quantitative estimate of drug-likeness (QED) is 0.511. The molecule has 0 radical (unpaired) electrons. The highest BCUT2D eigenvalue weighted by Crippen LogP contribution is 2.50. The first-order valence-electron chi connectivity index (χ1n) is 3.68. The molecule has 2 rings (SSSR count). The Morgan fingerprint density at radius 1 is 1.55 bits per heavy atom. The van der Waals surface area contributed by atoms with Gasteiger partial charge in [0.25, 0.3) is 0 Å². The topological polar surface area (TPSA) is 40.5 Å². The van der Waals surface area contributed by atoms with Gasteiger partial charge in [-0.15, -0.1) is 12.3 Å². The van der Waals surface area contributed by atoms with Gasteiger partial charge in [-0.05, 0) is 11.8 Å². The van der Waals surface area contributed by atoms with Crippen molar-refractivity contribution in [3.05, 3.63) is 0 Å². The van der Waals surface area contributed by atoms with Gasteiger partial charge < -0.3 is 10.0 Å². The summed E-state index contributed by atoms with van der Waals surface area (Å²) in [6.45, 7) is 1.30. The normalized spacial score (nSPS) is 39.5. The van der Waals surface area contributed by atoms with Crippen molar-refractivity contribution >= 4 is 6.09 Å². The van der Waals surface area contributed by atoms with E-state index in [1.807, 2.05) is 0 Å². The second kappa shape index (κ2) is 1.91. The maximum Gasteiger partial charge on any atom is 0.407 e. The molecule has 0 aromatic rings. The zero-order chi connectivity index (χ0) is 8.01. The van der Waals surface area contributed by atoms with E-state index in [1.165, 1.54) is 4.90 Å². The zero-order valence-electron chi connectivity index (χ0n) is 6.03. The highest BCUT2D eigenvalue weighted by molar-refractivity contribution is 5.66. The number of amides is 1. The predicted molar refractivity (Wildman–Crippen MR) is 38.9 cm³/mol. The van der Waals surface area contributed by atoms with Crippen LogP contribution in [0.5, 0.6) is 0 Å². The summed E-state index contributed by atoms with van der Waals surface area (Å²) in [5, 5.41) is 8.58. The Hall–Kier alpha value is -1.17. The molecule has 1 saturated carbocycles. The second-order valence-electron chi connectivity index (χ2n) is 3.21. The van der Waals surface area contributed by atoms with Crippen LogP contribution in [-0.4, -0.2) is 29.2 Å². The Balaban J connectivity index is 1.95. The summed E-state index contributed by atoms with van der Waals surface area (Å²) < 4.78 is 0. The van der Waals surface area contributed by atoms with E-state index in [2.05, 4.69) is 5.92 Å². The van der Waals surface area contributed by atoms with Crippen LogP contribution in [0.25, 0.3) is 0 Å². The summed E-state index contributed by atoms with van der Waals surface area (Å²) in [7, 11) is 0. The lowest BCUT2D eigenvalue weighted by atomic mass is 10.3. The first-order chi connectivity index (χ1) is 5.24. The maximum atomic E-state index is 10.4. The van der Waals surface area contributed by atoms with E-state index in [0.717, 1.165) is 0 Å². The molecule has 0 aromatic carbocycles. The number of hydrogen-bond acceptors (Lipinski definition) is 1. The van der Waals surface area contributed by atoms with E-state index < -0.39 is 6.09 Å². The molecule has 0 aromatic heterocycles. The molecule has 3 nitrogen and oxygen atoms in total. The number of carbonyl (C=O) groups is 1. The number of likely N-dealkylation sites (tertiary alicyclic amines) is 1. The zero-order valence-corrected chi connectivity index (χ0v) is 6.03. The molecule has 0 spiro atoms. The predicted octanol–water partition coefficient (Wildman–Crippen LogP) is 0.475. The van der Waals surface area contributed by atoms with Gasteiger partial charge in [-0.1, -0.05) is 0 Å². The van der Waals surface area contributed by atoms with Gasteiger partial charge >= 0.3 is 6.09 Å². The summed E-state index contributed by atoms with van der Waals surface area (Å²) in [5.41, 5.74) is 0. The van der Waals surface area contributed by atoms with Crippen molar-refractivity contribution in [3.8, 4) is 12.3 Å². The first kappa shape index (κ1) is 6.53. The van der Waals surface area contributed by atoms with Crippen molar-refractivity contribution < 1.29 is 9.90 Å². The van der Waals surface area contributed by atoms with Gasteiger partial charge in [0, 0.05) is 19.0 Å². The number of terminal acetylenes is 1. The Bertz CT molecular complexity index is 231. The monoisotopic (exact) mass is 151 g/mol. The third-order valence-electron chi connectivity index (χ3n) is 2.66. The minimum Gasteiger partial charge on any atom is -0.465 e. The SMILES string of the molecule is C#C[C@H]1[C@H]2CN(C(=O)O)C[C@@H]12. The number of fused-ring (bicyclic) bond motifs is 1. The van der Waals surface area contributed by atoms with Crippen LogP contribution in [0.4, 0.5) is 4.79 Å². The Kier molecular flexibility index (Phi) is 1.14. The lowest BCUT2D eigenvalue weighted by molar-refractivity contribution is 0.149. The maximum absolute atomic E-state index is 10.4. The molecule has 1 heterocycles. The summed E-state index contributed by atoms with van der Waals surface area (Å²) in [6.07, 6.45) is 4.42. The van der Waals surface area contributed by atoms with Gasteiger partial charge in [-0.25, -0.2) is 4.79 Å². The van der Waals surface area contributed by atoms with Crippen LogP contribution in [0.2, 0.25) is 0 Å². The molecule has 0 unspecified atom stereocenters. The number of nitrogens with zero attached hydrogens (tertiary/aromatic N) is 1. The van der Waals surface area contributed by atoms with E-state index in [1.54, 1.807) is 0 Å². The number of hydrogen-bond donors (Lipinski definition) is 1. The number of rotatable bonds is 0. The number of piperidine rings is 1. The van der Waals surface area contributed by atoms with Crippen LogP contribution in [-0.2, 0) is 0 Å². The van der Waals surface area contributed by atoms with Crippen LogP contribution in [0.15, 0.2) is 0 Å². The fourth-order valence-corrected chi connectivity index (χ4v) is 1.93. The molecule has 3 atom stereocenters. The first-order valence-corrected chi connectivity index (χ1v) is 3.68. The van der Waals surface area contributed by atoms with Crippen LogP contribution in [0.1, 0.15) is 0 Å². The highest BCUT2D eigenvalue weighted by Gasteiger charge is 2.55. The molecular weight excluding hydrogens is 142 g/mol. The molecule has 2 fully saturated rings. The molecule has 0 bridgehead atoms. The lowest BCUT2D eigenvalue weighted by Crippen LogP contribution is -2.29. The molecule has 1 aliphatic carbocycles. The smallest absolute Gasteiger partial charge is 0.407 e. The minimum absolute atomic E-state index is 0.366. The molecule has 1 aliphatic heterocycles. The molecule has 3 heteroatoms. The average Bonchev–Trinajstić information content (AvgIpc) is 2.41. The Morgan fingerprint density at radius 2 is 2.09 bits per heavy atom. The van der Waals surface area contributed by atoms with Gasteiger partial charge in [-0.2, -0.15) is 0 Å². The largest absolute Gasteiger partial charge is 0.465 e. The molecule has 1 amide bonds. The van der Waals surface area contributed by atoms with Crippen molar-refractivity contribution in [2.45, 2.75) is 0 Å². The van der Waals surface area contributed by atoms with Gasteiger partial charge in [0.1, 0.15) is 0 Å².